The van der Waals surface area contributed by atoms with Crippen molar-refractivity contribution in [1.82, 2.24) is 14.9 Å². The van der Waals surface area contributed by atoms with Crippen molar-refractivity contribution in [3.8, 4) is 11.3 Å². The average Bonchev–Trinajstić information content (AvgIpc) is 2.62. The average molecular weight is 310 g/mol. The van der Waals surface area contributed by atoms with Gasteiger partial charge >= 0.3 is 0 Å². The van der Waals surface area contributed by atoms with Crippen LogP contribution in [0.4, 0.5) is 5.82 Å². The highest BCUT2D eigenvalue weighted by Crippen LogP contribution is 2.21. The summed E-state index contributed by atoms with van der Waals surface area (Å²) in [5, 5.41) is 0. The predicted molar refractivity (Wildman–Crippen MR) is 91.1 cm³/mol. The number of carbonyl (C=O) groups is 1. The molecule has 5 heteroatoms. The van der Waals surface area contributed by atoms with Gasteiger partial charge in [-0.1, -0.05) is 44.2 Å². The molecule has 0 aliphatic carbocycles. The van der Waals surface area contributed by atoms with E-state index in [1.54, 1.807) is 6.33 Å². The van der Waals surface area contributed by atoms with Crippen LogP contribution < -0.4 is 4.90 Å². The number of hydrogen-bond acceptors (Lipinski definition) is 4. The van der Waals surface area contributed by atoms with Crippen LogP contribution in [0.5, 0.6) is 0 Å². The third-order valence-electron chi connectivity index (χ3n) is 4.13. The minimum Gasteiger partial charge on any atom is -0.353 e. The molecule has 0 radical (unpaired) electrons. The van der Waals surface area contributed by atoms with Gasteiger partial charge in [-0.3, -0.25) is 4.79 Å². The van der Waals surface area contributed by atoms with Gasteiger partial charge < -0.3 is 9.80 Å². The molecule has 1 aromatic heterocycles. The number of carbonyl (C=O) groups excluding carboxylic acids is 1. The van der Waals surface area contributed by atoms with Gasteiger partial charge in [0, 0.05) is 43.7 Å². The van der Waals surface area contributed by atoms with E-state index < -0.39 is 0 Å². The van der Waals surface area contributed by atoms with Gasteiger partial charge in [-0.2, -0.15) is 0 Å². The van der Waals surface area contributed by atoms with Gasteiger partial charge in [-0.15, -0.1) is 0 Å². The minimum atomic E-state index is 0.0604. The van der Waals surface area contributed by atoms with Crippen molar-refractivity contribution >= 4 is 11.7 Å². The van der Waals surface area contributed by atoms with Gasteiger partial charge in [-0.05, 0) is 0 Å². The molecule has 1 aliphatic heterocycles. The lowest BCUT2D eigenvalue weighted by Gasteiger charge is -2.36. The Morgan fingerprint density at radius 1 is 1.04 bits per heavy atom. The van der Waals surface area contributed by atoms with E-state index >= 15 is 0 Å². The van der Waals surface area contributed by atoms with Crippen LogP contribution in [0, 0.1) is 5.92 Å². The highest BCUT2D eigenvalue weighted by Gasteiger charge is 2.23. The summed E-state index contributed by atoms with van der Waals surface area (Å²) in [6.45, 7) is 7.02. The van der Waals surface area contributed by atoms with Crippen molar-refractivity contribution in [3.05, 3.63) is 42.7 Å². The van der Waals surface area contributed by atoms with Gasteiger partial charge in [0.2, 0.25) is 5.91 Å². The summed E-state index contributed by atoms with van der Waals surface area (Å²) in [5.74, 6) is 1.22. The predicted octanol–water partition coefficient (Wildman–Crippen LogP) is 2.45. The maximum Gasteiger partial charge on any atom is 0.225 e. The Labute approximate surface area is 137 Å². The third-order valence-corrected chi connectivity index (χ3v) is 4.13. The maximum absolute atomic E-state index is 12.1. The van der Waals surface area contributed by atoms with Gasteiger partial charge in [-0.25, -0.2) is 9.97 Å². The largest absolute Gasteiger partial charge is 0.353 e. The van der Waals surface area contributed by atoms with Crippen LogP contribution in [0.2, 0.25) is 0 Å². The first kappa shape index (κ1) is 15.5. The number of piperazine rings is 1. The molecule has 0 spiro atoms. The van der Waals surface area contributed by atoms with Crippen molar-refractivity contribution in [2.24, 2.45) is 5.92 Å². The maximum atomic E-state index is 12.1. The third kappa shape index (κ3) is 3.50. The highest BCUT2D eigenvalue weighted by molar-refractivity contribution is 5.78. The number of nitrogens with zero attached hydrogens (tertiary/aromatic N) is 4. The SMILES string of the molecule is CC(C)C(=O)N1CCN(c2cc(-c3ccccc3)ncn2)CC1. The van der Waals surface area contributed by atoms with E-state index in [4.69, 9.17) is 0 Å². The molecule has 2 heterocycles. The zero-order valence-corrected chi connectivity index (χ0v) is 13.6. The molecule has 0 N–H and O–H groups in total. The van der Waals surface area contributed by atoms with E-state index in [1.165, 1.54) is 0 Å². The van der Waals surface area contributed by atoms with Crippen LogP contribution in [0.3, 0.4) is 0 Å². The first-order valence-electron chi connectivity index (χ1n) is 8.06. The van der Waals surface area contributed by atoms with E-state index in [9.17, 15) is 4.79 Å². The molecule has 0 saturated carbocycles. The first-order valence-corrected chi connectivity index (χ1v) is 8.06. The number of amides is 1. The van der Waals surface area contributed by atoms with Crippen LogP contribution in [0.25, 0.3) is 11.3 Å². The quantitative estimate of drug-likeness (QED) is 0.874. The molecular weight excluding hydrogens is 288 g/mol. The van der Waals surface area contributed by atoms with Crippen molar-refractivity contribution in [2.75, 3.05) is 31.1 Å². The fourth-order valence-corrected chi connectivity index (χ4v) is 2.81. The van der Waals surface area contributed by atoms with Crippen LogP contribution >= 0.6 is 0 Å². The van der Waals surface area contributed by atoms with Gasteiger partial charge in [0.15, 0.2) is 0 Å². The van der Waals surface area contributed by atoms with Crippen molar-refractivity contribution in [3.63, 3.8) is 0 Å². The van der Waals surface area contributed by atoms with E-state index in [0.29, 0.717) is 0 Å². The molecule has 5 nitrogen and oxygen atoms in total. The number of aromatic nitrogens is 2. The second-order valence-electron chi connectivity index (χ2n) is 6.09. The molecule has 1 aliphatic rings. The summed E-state index contributed by atoms with van der Waals surface area (Å²) in [4.78, 5) is 25.0. The molecular formula is C18H22N4O. The van der Waals surface area contributed by atoms with E-state index in [0.717, 1.165) is 43.3 Å². The first-order chi connectivity index (χ1) is 11.1. The molecule has 120 valence electrons. The molecule has 0 bridgehead atoms. The van der Waals surface area contributed by atoms with Crippen LogP contribution in [-0.2, 0) is 4.79 Å². The van der Waals surface area contributed by atoms with Crippen molar-refractivity contribution in [1.29, 1.82) is 0 Å². The van der Waals surface area contributed by atoms with E-state index in [1.807, 2.05) is 55.1 Å². The van der Waals surface area contributed by atoms with Gasteiger partial charge in [0.1, 0.15) is 12.1 Å². The normalized spacial score (nSPS) is 15.1. The van der Waals surface area contributed by atoms with Crippen LogP contribution in [0.15, 0.2) is 42.7 Å². The molecule has 1 aromatic carbocycles. The Balaban J connectivity index is 1.71. The fraction of sp³-hybridized carbons (Fsp3) is 0.389. The van der Waals surface area contributed by atoms with E-state index in [-0.39, 0.29) is 11.8 Å². The highest BCUT2D eigenvalue weighted by atomic mass is 16.2. The smallest absolute Gasteiger partial charge is 0.225 e. The zero-order chi connectivity index (χ0) is 16.2. The minimum absolute atomic E-state index is 0.0604. The Bertz CT molecular complexity index is 664. The second kappa shape index (κ2) is 6.77. The molecule has 23 heavy (non-hydrogen) atoms. The summed E-state index contributed by atoms with van der Waals surface area (Å²) >= 11 is 0. The summed E-state index contributed by atoms with van der Waals surface area (Å²) < 4.78 is 0. The molecule has 0 atom stereocenters. The number of benzene rings is 1. The second-order valence-corrected chi connectivity index (χ2v) is 6.09. The van der Waals surface area contributed by atoms with Crippen LogP contribution in [0.1, 0.15) is 13.8 Å². The molecule has 2 aromatic rings. The molecule has 3 rings (SSSR count). The molecule has 0 unspecified atom stereocenters. The summed E-state index contributed by atoms with van der Waals surface area (Å²) in [6.07, 6.45) is 1.61. The standard InChI is InChI=1S/C18H22N4O/c1-14(2)18(23)22-10-8-21(9-11-22)17-12-16(19-13-20-17)15-6-4-3-5-7-15/h3-7,12-14H,8-11H2,1-2H3. The number of anilines is 1. The number of rotatable bonds is 3. The van der Waals surface area contributed by atoms with Gasteiger partial charge in [0.05, 0.1) is 5.69 Å². The molecule has 1 saturated heterocycles. The Morgan fingerprint density at radius 3 is 2.39 bits per heavy atom. The van der Waals surface area contributed by atoms with Crippen LogP contribution in [-0.4, -0.2) is 47.0 Å². The lowest BCUT2D eigenvalue weighted by Crippen LogP contribution is -2.50. The molecule has 1 fully saturated rings. The lowest BCUT2D eigenvalue weighted by molar-refractivity contribution is -0.134. The zero-order valence-electron chi connectivity index (χ0n) is 13.6. The monoisotopic (exact) mass is 310 g/mol. The van der Waals surface area contributed by atoms with E-state index in [2.05, 4.69) is 14.9 Å². The molecule has 1 amide bonds. The Kier molecular flexibility index (Phi) is 4.55. The van der Waals surface area contributed by atoms with Crippen molar-refractivity contribution in [2.45, 2.75) is 13.8 Å². The Morgan fingerprint density at radius 2 is 1.74 bits per heavy atom. The summed E-state index contributed by atoms with van der Waals surface area (Å²) in [5.41, 5.74) is 2.01. The van der Waals surface area contributed by atoms with Gasteiger partial charge in [0.25, 0.3) is 0 Å². The topological polar surface area (TPSA) is 49.3 Å². The lowest BCUT2D eigenvalue weighted by atomic mass is 10.1. The number of hydrogen-bond donors (Lipinski definition) is 0. The Hall–Kier alpha value is -2.43. The van der Waals surface area contributed by atoms with Crippen molar-refractivity contribution < 1.29 is 4.79 Å². The summed E-state index contributed by atoms with van der Waals surface area (Å²) in [7, 11) is 0. The summed E-state index contributed by atoms with van der Waals surface area (Å²) in [6, 6.07) is 12.1. The fourth-order valence-electron chi connectivity index (χ4n) is 2.81.